The van der Waals surface area contributed by atoms with Crippen LogP contribution in [-0.2, 0) is 17.8 Å². The van der Waals surface area contributed by atoms with E-state index in [0.29, 0.717) is 16.8 Å². The van der Waals surface area contributed by atoms with Crippen molar-refractivity contribution in [2.45, 2.75) is 40.2 Å². The Morgan fingerprint density at radius 1 is 1.41 bits per heavy atom. The molecular weight excluding hydrogens is 284 g/mol. The molecule has 0 unspecified atom stereocenters. The standard InChI is InChI=1S/C12H19BrN2O2/c1-12(2,3)6-5-9-14-8(7-17-4)10(13)11(16)15-9/h5-7H2,1-4H3,(H,14,15,16). The number of methoxy groups -OCH3 is 1. The van der Waals surface area contributed by atoms with Crippen molar-refractivity contribution in [1.82, 2.24) is 9.97 Å². The minimum Gasteiger partial charge on any atom is -0.378 e. The lowest BCUT2D eigenvalue weighted by Crippen LogP contribution is -2.17. The average molecular weight is 303 g/mol. The van der Waals surface area contributed by atoms with E-state index in [1.165, 1.54) is 0 Å². The van der Waals surface area contributed by atoms with Gasteiger partial charge in [-0.2, -0.15) is 0 Å². The fraction of sp³-hybridized carbons (Fsp3) is 0.667. The molecule has 1 aromatic heterocycles. The highest BCUT2D eigenvalue weighted by Crippen LogP contribution is 2.20. The number of rotatable bonds is 4. The fourth-order valence-corrected chi connectivity index (χ4v) is 1.70. The molecule has 5 heteroatoms. The van der Waals surface area contributed by atoms with Crippen LogP contribution in [-0.4, -0.2) is 17.1 Å². The molecule has 96 valence electrons. The molecule has 1 rings (SSSR count). The van der Waals surface area contributed by atoms with Crippen molar-refractivity contribution >= 4 is 15.9 Å². The maximum Gasteiger partial charge on any atom is 0.265 e. The summed E-state index contributed by atoms with van der Waals surface area (Å²) in [6.45, 7) is 6.84. The highest BCUT2D eigenvalue weighted by atomic mass is 79.9. The first-order valence-corrected chi connectivity index (χ1v) is 6.39. The molecule has 1 aromatic rings. The molecular formula is C12H19BrN2O2. The fourth-order valence-electron chi connectivity index (χ4n) is 1.40. The molecule has 0 saturated carbocycles. The third kappa shape index (κ3) is 4.60. The lowest BCUT2D eigenvalue weighted by atomic mass is 9.90. The molecule has 0 radical (unpaired) electrons. The highest BCUT2D eigenvalue weighted by molar-refractivity contribution is 9.10. The summed E-state index contributed by atoms with van der Waals surface area (Å²) in [4.78, 5) is 18.8. The van der Waals surface area contributed by atoms with E-state index in [1.807, 2.05) is 0 Å². The van der Waals surface area contributed by atoms with E-state index in [4.69, 9.17) is 4.74 Å². The van der Waals surface area contributed by atoms with Crippen molar-refractivity contribution in [3.05, 3.63) is 26.3 Å². The van der Waals surface area contributed by atoms with Crippen LogP contribution in [0.4, 0.5) is 0 Å². The molecule has 0 saturated heterocycles. The zero-order chi connectivity index (χ0) is 13.1. The Morgan fingerprint density at radius 2 is 2.06 bits per heavy atom. The van der Waals surface area contributed by atoms with Gasteiger partial charge in [-0.15, -0.1) is 0 Å². The number of hydrogen-bond donors (Lipinski definition) is 1. The van der Waals surface area contributed by atoms with Crippen molar-refractivity contribution in [2.75, 3.05) is 7.11 Å². The number of aromatic nitrogens is 2. The summed E-state index contributed by atoms with van der Waals surface area (Å²) in [5.41, 5.74) is 0.740. The molecule has 0 bridgehead atoms. The van der Waals surface area contributed by atoms with Gasteiger partial charge in [0.2, 0.25) is 0 Å². The monoisotopic (exact) mass is 302 g/mol. The van der Waals surface area contributed by atoms with E-state index in [-0.39, 0.29) is 11.0 Å². The van der Waals surface area contributed by atoms with Crippen LogP contribution in [0.2, 0.25) is 0 Å². The molecule has 4 nitrogen and oxygen atoms in total. The summed E-state index contributed by atoms with van der Waals surface area (Å²) in [5, 5.41) is 0. The molecule has 0 aliphatic rings. The number of aromatic amines is 1. The second-order valence-electron chi connectivity index (χ2n) is 5.27. The number of aryl methyl sites for hydroxylation is 1. The zero-order valence-electron chi connectivity index (χ0n) is 10.8. The van der Waals surface area contributed by atoms with Gasteiger partial charge in [0.25, 0.3) is 5.56 Å². The molecule has 1 N–H and O–H groups in total. The van der Waals surface area contributed by atoms with Gasteiger partial charge >= 0.3 is 0 Å². The number of halogens is 1. The number of ether oxygens (including phenoxy) is 1. The molecule has 0 aromatic carbocycles. The lowest BCUT2D eigenvalue weighted by molar-refractivity contribution is 0.180. The first kappa shape index (κ1) is 14.4. The first-order chi connectivity index (χ1) is 7.83. The van der Waals surface area contributed by atoms with Gasteiger partial charge in [0, 0.05) is 13.5 Å². The van der Waals surface area contributed by atoms with Gasteiger partial charge < -0.3 is 9.72 Å². The first-order valence-electron chi connectivity index (χ1n) is 5.60. The molecule has 0 amide bonds. The molecule has 1 heterocycles. The molecule has 0 spiro atoms. The van der Waals surface area contributed by atoms with E-state index >= 15 is 0 Å². The molecule has 0 atom stereocenters. The number of nitrogens with one attached hydrogen (secondary N) is 1. The maximum atomic E-state index is 11.7. The van der Waals surface area contributed by atoms with Gasteiger partial charge in [0.05, 0.1) is 12.3 Å². The summed E-state index contributed by atoms with van der Waals surface area (Å²) in [5.74, 6) is 0.722. The van der Waals surface area contributed by atoms with Crippen molar-refractivity contribution in [2.24, 2.45) is 5.41 Å². The van der Waals surface area contributed by atoms with Crippen LogP contribution in [0.1, 0.15) is 38.7 Å². The quantitative estimate of drug-likeness (QED) is 0.930. The van der Waals surface area contributed by atoms with Crippen molar-refractivity contribution < 1.29 is 4.74 Å². The van der Waals surface area contributed by atoms with E-state index in [0.717, 1.165) is 18.7 Å². The van der Waals surface area contributed by atoms with E-state index in [1.54, 1.807) is 7.11 Å². The normalized spacial score (nSPS) is 11.8. The summed E-state index contributed by atoms with van der Waals surface area (Å²) in [7, 11) is 1.59. The Labute approximate surface area is 110 Å². The predicted molar refractivity (Wildman–Crippen MR) is 71.0 cm³/mol. The Balaban J connectivity index is 2.91. The second kappa shape index (κ2) is 5.78. The third-order valence-electron chi connectivity index (χ3n) is 2.37. The van der Waals surface area contributed by atoms with Gasteiger partial charge in [-0.1, -0.05) is 20.8 Å². The molecule has 0 aliphatic heterocycles. The summed E-state index contributed by atoms with van der Waals surface area (Å²) in [6.07, 6.45) is 1.74. The molecule has 0 aliphatic carbocycles. The van der Waals surface area contributed by atoms with E-state index in [2.05, 4.69) is 46.7 Å². The minimum atomic E-state index is -0.143. The second-order valence-corrected chi connectivity index (χ2v) is 6.06. The summed E-state index contributed by atoms with van der Waals surface area (Å²) >= 11 is 3.22. The van der Waals surface area contributed by atoms with Crippen LogP contribution in [0.25, 0.3) is 0 Å². The van der Waals surface area contributed by atoms with Gasteiger partial charge in [-0.25, -0.2) is 4.98 Å². The van der Waals surface area contributed by atoms with Crippen molar-refractivity contribution in [1.29, 1.82) is 0 Å². The Kier molecular flexibility index (Phi) is 4.89. The van der Waals surface area contributed by atoms with Crippen LogP contribution < -0.4 is 5.56 Å². The topological polar surface area (TPSA) is 55.0 Å². The Morgan fingerprint density at radius 3 is 2.59 bits per heavy atom. The SMILES string of the molecule is COCc1nc(CCC(C)(C)C)[nH]c(=O)c1Br. The number of nitrogens with zero attached hydrogens (tertiary/aromatic N) is 1. The van der Waals surface area contributed by atoms with Gasteiger partial charge in [0.15, 0.2) is 0 Å². The minimum absolute atomic E-state index is 0.143. The van der Waals surface area contributed by atoms with Gasteiger partial charge in [-0.05, 0) is 27.8 Å². The van der Waals surface area contributed by atoms with Gasteiger partial charge in [-0.3, -0.25) is 4.79 Å². The predicted octanol–water partition coefficient (Wildman–Crippen LogP) is 2.66. The molecule has 0 fully saturated rings. The Hall–Kier alpha value is -0.680. The lowest BCUT2D eigenvalue weighted by Gasteiger charge is -2.17. The van der Waals surface area contributed by atoms with Gasteiger partial charge in [0.1, 0.15) is 10.3 Å². The van der Waals surface area contributed by atoms with Crippen LogP contribution in [0.5, 0.6) is 0 Å². The zero-order valence-corrected chi connectivity index (χ0v) is 12.3. The van der Waals surface area contributed by atoms with Crippen LogP contribution in [0, 0.1) is 5.41 Å². The Bertz CT molecular complexity index is 435. The van der Waals surface area contributed by atoms with E-state index in [9.17, 15) is 4.79 Å². The average Bonchev–Trinajstić information content (AvgIpc) is 2.21. The van der Waals surface area contributed by atoms with Crippen molar-refractivity contribution in [3.8, 4) is 0 Å². The number of H-pyrrole nitrogens is 1. The largest absolute Gasteiger partial charge is 0.378 e. The summed E-state index contributed by atoms with van der Waals surface area (Å²) in [6, 6.07) is 0. The van der Waals surface area contributed by atoms with E-state index < -0.39 is 0 Å². The maximum absolute atomic E-state index is 11.7. The third-order valence-corrected chi connectivity index (χ3v) is 3.19. The van der Waals surface area contributed by atoms with Crippen LogP contribution in [0.3, 0.4) is 0 Å². The number of hydrogen-bond acceptors (Lipinski definition) is 3. The molecule has 17 heavy (non-hydrogen) atoms. The highest BCUT2D eigenvalue weighted by Gasteiger charge is 2.13. The van der Waals surface area contributed by atoms with Crippen molar-refractivity contribution in [3.63, 3.8) is 0 Å². The van der Waals surface area contributed by atoms with Crippen LogP contribution >= 0.6 is 15.9 Å². The van der Waals surface area contributed by atoms with Crippen LogP contribution in [0.15, 0.2) is 9.27 Å². The summed E-state index contributed by atoms with van der Waals surface area (Å²) < 4.78 is 5.48. The smallest absolute Gasteiger partial charge is 0.265 e.